The lowest BCUT2D eigenvalue weighted by molar-refractivity contribution is 0.290. The lowest BCUT2D eigenvalue weighted by Gasteiger charge is -2.13. The maximum atomic E-state index is 6.30. The number of unbranched alkanes of at least 4 members (excludes halogenated alkanes) is 11. The maximum absolute atomic E-state index is 6.30. The van der Waals surface area contributed by atoms with E-state index in [2.05, 4.69) is 37.0 Å². The molecule has 0 aromatic carbocycles. The Labute approximate surface area is 210 Å². The van der Waals surface area contributed by atoms with Crippen molar-refractivity contribution in [2.75, 3.05) is 6.61 Å². The Hall–Kier alpha value is -1.95. The van der Waals surface area contributed by atoms with Gasteiger partial charge in [-0.15, -0.1) is 10.2 Å². The first-order valence-corrected chi connectivity index (χ1v) is 15.3. The van der Waals surface area contributed by atoms with Crippen LogP contribution in [0, 0.1) is 13.8 Å². The third kappa shape index (κ3) is 11.0. The molecule has 0 bridgehead atoms. The first-order chi connectivity index (χ1) is 16.7. The molecule has 34 heavy (non-hydrogen) atoms. The van der Waals surface area contributed by atoms with Crippen LogP contribution in [0.5, 0.6) is 11.6 Å². The van der Waals surface area contributed by atoms with Gasteiger partial charge in [0.15, 0.2) is 0 Å². The second kappa shape index (κ2) is 17.5. The summed E-state index contributed by atoms with van der Waals surface area (Å²) >= 11 is 0. The molecule has 2 heterocycles. The third-order valence-electron chi connectivity index (χ3n) is 6.32. The van der Waals surface area contributed by atoms with Crippen molar-refractivity contribution < 1.29 is 9.16 Å². The van der Waals surface area contributed by atoms with Crippen molar-refractivity contribution in [1.29, 1.82) is 0 Å². The molecule has 2 rings (SSSR count). The minimum atomic E-state index is -0.628. The van der Waals surface area contributed by atoms with E-state index in [-0.39, 0.29) is 0 Å². The predicted octanol–water partition coefficient (Wildman–Crippen LogP) is 7.53. The van der Waals surface area contributed by atoms with Crippen LogP contribution in [0.15, 0.2) is 18.2 Å². The van der Waals surface area contributed by atoms with Gasteiger partial charge in [-0.2, -0.15) is 0 Å². The number of pyridine rings is 1. The summed E-state index contributed by atoms with van der Waals surface area (Å²) in [6, 6.07) is 7.17. The van der Waals surface area contributed by atoms with Crippen molar-refractivity contribution in [3.05, 3.63) is 29.5 Å². The van der Waals surface area contributed by atoms with E-state index >= 15 is 0 Å². The largest absolute Gasteiger partial charge is 0.548 e. The summed E-state index contributed by atoms with van der Waals surface area (Å²) in [6.45, 7) is 9.32. The van der Waals surface area contributed by atoms with Crippen LogP contribution in [0.3, 0.4) is 0 Å². The summed E-state index contributed by atoms with van der Waals surface area (Å²) in [5, 5.41) is 8.70. The second-order valence-electron chi connectivity index (χ2n) is 9.43. The number of hydrogen-bond donors (Lipinski definition) is 0. The van der Waals surface area contributed by atoms with E-state index in [1.165, 1.54) is 83.1 Å². The Morgan fingerprint density at radius 1 is 0.765 bits per heavy atom. The molecule has 0 fully saturated rings. The molecule has 0 spiro atoms. The zero-order chi connectivity index (χ0) is 24.4. The zero-order valence-corrected chi connectivity index (χ0v) is 23.6. The molecule has 0 saturated heterocycles. The lowest BCUT2D eigenvalue weighted by Crippen LogP contribution is -2.06. The molecule has 0 aliphatic rings. The smallest absolute Gasteiger partial charge is 0.233 e. The van der Waals surface area contributed by atoms with Crippen molar-refractivity contribution in [3.8, 4) is 23.0 Å². The Kier molecular flexibility index (Phi) is 14.5. The molecule has 0 saturated carbocycles. The van der Waals surface area contributed by atoms with Gasteiger partial charge in [0, 0.05) is 11.8 Å². The molecule has 5 nitrogen and oxygen atoms in total. The van der Waals surface area contributed by atoms with Crippen LogP contribution in [0.4, 0.5) is 0 Å². The molecule has 0 aliphatic heterocycles. The van der Waals surface area contributed by atoms with Crippen LogP contribution in [0.25, 0.3) is 11.4 Å². The van der Waals surface area contributed by atoms with Gasteiger partial charge >= 0.3 is 0 Å². The van der Waals surface area contributed by atoms with E-state index in [0.717, 1.165) is 34.8 Å². The number of aryl methyl sites for hydroxylation is 2. The molecule has 2 aromatic heterocycles. The van der Waals surface area contributed by atoms with Crippen molar-refractivity contribution >= 4 is 9.76 Å². The fourth-order valence-corrected chi connectivity index (χ4v) is 5.12. The van der Waals surface area contributed by atoms with Gasteiger partial charge in [0.05, 0.1) is 6.61 Å². The number of hydrogen-bond acceptors (Lipinski definition) is 5. The van der Waals surface area contributed by atoms with Crippen LogP contribution in [-0.4, -0.2) is 31.6 Å². The summed E-state index contributed by atoms with van der Waals surface area (Å²) in [5.41, 5.74) is 3.69. The fraction of sp³-hybridized carbons (Fsp3) is 0.679. The van der Waals surface area contributed by atoms with Crippen molar-refractivity contribution in [2.45, 2.75) is 117 Å². The highest BCUT2D eigenvalue weighted by atomic mass is 28.2. The molecule has 6 heteroatoms. The molecule has 0 radical (unpaired) electrons. The molecule has 0 N–H and O–H groups in total. The monoisotopic (exact) mass is 485 g/mol. The molecular formula is C28H47N3O2Si. The predicted molar refractivity (Wildman–Crippen MR) is 146 cm³/mol. The van der Waals surface area contributed by atoms with Crippen molar-refractivity contribution in [3.63, 3.8) is 0 Å². The quantitative estimate of drug-likeness (QED) is 0.152. The minimum absolute atomic E-state index is 0.580. The standard InChI is InChI=1S/C28H47N3O2Si/c1-5-7-9-11-13-15-17-21-34-33-26-22-23(3)24(4)29-28(26)25-18-19-27(31-30-25)32-20-16-14-12-10-8-6-2/h18-19,22H,5-17,20-21,34H2,1-4H3. The summed E-state index contributed by atoms with van der Waals surface area (Å²) in [7, 11) is -0.628. The summed E-state index contributed by atoms with van der Waals surface area (Å²) in [5.74, 6) is 1.43. The molecule has 190 valence electrons. The summed E-state index contributed by atoms with van der Waals surface area (Å²) < 4.78 is 12.1. The van der Waals surface area contributed by atoms with Crippen LogP contribution in [0.1, 0.15) is 109 Å². The SMILES string of the molecule is CCCCCCCCC[SiH2]Oc1cc(C)c(C)nc1-c1ccc(OCCCCCCCC)nn1. The van der Waals surface area contributed by atoms with E-state index in [0.29, 0.717) is 12.5 Å². The molecule has 0 amide bonds. The van der Waals surface area contributed by atoms with Gasteiger partial charge in [0.1, 0.15) is 17.1 Å². The normalized spacial score (nSPS) is 11.4. The van der Waals surface area contributed by atoms with Gasteiger partial charge < -0.3 is 9.16 Å². The van der Waals surface area contributed by atoms with Gasteiger partial charge in [-0.3, -0.25) is 0 Å². The van der Waals surface area contributed by atoms with Crippen LogP contribution in [-0.2, 0) is 0 Å². The molecule has 0 atom stereocenters. The highest BCUT2D eigenvalue weighted by molar-refractivity contribution is 6.28. The molecule has 2 aromatic rings. The molecule has 0 aliphatic carbocycles. The number of nitrogens with zero attached hydrogens (tertiary/aromatic N) is 3. The number of rotatable bonds is 19. The second-order valence-corrected chi connectivity index (χ2v) is 10.8. The average Bonchev–Trinajstić information content (AvgIpc) is 2.85. The number of ether oxygens (including phenoxy) is 1. The van der Waals surface area contributed by atoms with Gasteiger partial charge in [-0.05, 0) is 44.0 Å². The first kappa shape index (κ1) is 28.3. The maximum Gasteiger partial charge on any atom is 0.233 e. The van der Waals surface area contributed by atoms with Crippen molar-refractivity contribution in [1.82, 2.24) is 15.2 Å². The summed E-state index contributed by atoms with van der Waals surface area (Å²) in [6.07, 6.45) is 16.9. The van der Waals surface area contributed by atoms with Gasteiger partial charge in [0.25, 0.3) is 0 Å². The van der Waals surface area contributed by atoms with Crippen molar-refractivity contribution in [2.24, 2.45) is 0 Å². The van der Waals surface area contributed by atoms with Crippen LogP contribution < -0.4 is 9.16 Å². The zero-order valence-electron chi connectivity index (χ0n) is 22.2. The lowest BCUT2D eigenvalue weighted by atomic mass is 10.1. The van der Waals surface area contributed by atoms with E-state index in [4.69, 9.17) is 14.1 Å². The van der Waals surface area contributed by atoms with Gasteiger partial charge in [0.2, 0.25) is 15.6 Å². The van der Waals surface area contributed by atoms with E-state index in [9.17, 15) is 0 Å². The fourth-order valence-electron chi connectivity index (χ4n) is 3.97. The number of aromatic nitrogens is 3. The molecular weight excluding hydrogens is 438 g/mol. The van der Waals surface area contributed by atoms with Gasteiger partial charge in [-0.1, -0.05) is 90.9 Å². The minimum Gasteiger partial charge on any atom is -0.548 e. The van der Waals surface area contributed by atoms with Crippen LogP contribution in [0.2, 0.25) is 6.04 Å². The Bertz CT molecular complexity index is 799. The summed E-state index contributed by atoms with van der Waals surface area (Å²) in [4.78, 5) is 4.79. The van der Waals surface area contributed by atoms with Crippen LogP contribution >= 0.6 is 0 Å². The Balaban J connectivity index is 1.82. The Morgan fingerprint density at radius 3 is 2.06 bits per heavy atom. The van der Waals surface area contributed by atoms with E-state index in [1.54, 1.807) is 0 Å². The highest BCUT2D eigenvalue weighted by Gasteiger charge is 2.13. The van der Waals surface area contributed by atoms with E-state index in [1.807, 2.05) is 19.1 Å². The highest BCUT2D eigenvalue weighted by Crippen LogP contribution is 2.29. The molecule has 0 unspecified atom stereocenters. The topological polar surface area (TPSA) is 57.1 Å². The first-order valence-electron chi connectivity index (χ1n) is 13.7. The average molecular weight is 486 g/mol. The Morgan fingerprint density at radius 2 is 1.41 bits per heavy atom. The van der Waals surface area contributed by atoms with E-state index < -0.39 is 9.76 Å². The third-order valence-corrected chi connectivity index (χ3v) is 7.62. The van der Waals surface area contributed by atoms with Gasteiger partial charge in [-0.25, -0.2) is 4.98 Å².